The van der Waals surface area contributed by atoms with E-state index in [1.165, 1.54) is 16.6 Å². The lowest BCUT2D eigenvalue weighted by Gasteiger charge is -2.10. The molecule has 3 heterocycles. The zero-order valence-electron chi connectivity index (χ0n) is 18.1. The van der Waals surface area contributed by atoms with Crippen molar-refractivity contribution < 1.29 is 14.3 Å². The van der Waals surface area contributed by atoms with E-state index in [9.17, 15) is 4.79 Å². The second-order valence-corrected chi connectivity index (χ2v) is 9.10. The van der Waals surface area contributed by atoms with Gasteiger partial charge in [0.2, 0.25) is 5.91 Å². The van der Waals surface area contributed by atoms with E-state index in [0.29, 0.717) is 23.8 Å². The van der Waals surface area contributed by atoms with Crippen LogP contribution in [0.3, 0.4) is 0 Å². The summed E-state index contributed by atoms with van der Waals surface area (Å²) in [4.78, 5) is 18.3. The predicted molar refractivity (Wildman–Crippen MR) is 128 cm³/mol. The highest BCUT2D eigenvalue weighted by Gasteiger charge is 2.15. The molecule has 1 N–H and O–H groups in total. The quantitative estimate of drug-likeness (QED) is 0.293. The second kappa shape index (κ2) is 10.1. The number of hydrogen-bond acceptors (Lipinski definition) is 7. The van der Waals surface area contributed by atoms with Crippen LogP contribution in [-0.4, -0.2) is 47.0 Å². The number of nitrogens with one attached hydrogen (secondary N) is 1. The van der Waals surface area contributed by atoms with E-state index in [-0.39, 0.29) is 5.91 Å². The van der Waals surface area contributed by atoms with Crippen LogP contribution in [0.15, 0.2) is 53.0 Å². The lowest BCUT2D eigenvalue weighted by Crippen LogP contribution is -2.27. The lowest BCUT2D eigenvalue weighted by atomic mass is 10.1. The third-order valence-corrected chi connectivity index (χ3v) is 6.82. The molecule has 166 valence electrons. The normalized spacial score (nSPS) is 11.0. The molecule has 0 aliphatic rings. The van der Waals surface area contributed by atoms with Crippen LogP contribution >= 0.6 is 23.1 Å². The number of hydrogen-bond donors (Lipinski definition) is 1. The Morgan fingerprint density at radius 1 is 1.19 bits per heavy atom. The minimum absolute atomic E-state index is 0.00133. The van der Waals surface area contributed by atoms with E-state index in [0.717, 1.165) is 33.9 Å². The van der Waals surface area contributed by atoms with Gasteiger partial charge in [-0.25, -0.2) is 9.50 Å². The molecule has 7 nitrogen and oxygen atoms in total. The van der Waals surface area contributed by atoms with Gasteiger partial charge in [-0.15, -0.1) is 11.3 Å². The van der Waals surface area contributed by atoms with Gasteiger partial charge in [0.25, 0.3) is 0 Å². The number of fused-ring (bicyclic) bond motifs is 1. The standard InChI is InChI=1S/C23H24N4O3S2/c1-15-11-22(32-14-21(28)24-9-8-17-5-4-10-31-17)27-23(26-15)18(13-25-27)16-6-7-19(29-2)20(12-16)30-3/h4-7,10-13H,8-9,14H2,1-3H3,(H,24,28). The van der Waals surface area contributed by atoms with Crippen LogP contribution < -0.4 is 14.8 Å². The number of benzene rings is 1. The molecule has 9 heteroatoms. The zero-order chi connectivity index (χ0) is 22.5. The van der Waals surface area contributed by atoms with Crippen molar-refractivity contribution in [2.24, 2.45) is 0 Å². The molecule has 0 saturated heterocycles. The van der Waals surface area contributed by atoms with Crippen molar-refractivity contribution in [3.05, 3.63) is 58.5 Å². The molecule has 0 bridgehead atoms. The third kappa shape index (κ3) is 4.89. The van der Waals surface area contributed by atoms with Gasteiger partial charge in [-0.1, -0.05) is 23.9 Å². The van der Waals surface area contributed by atoms with Gasteiger partial charge in [0, 0.05) is 22.7 Å². The zero-order valence-corrected chi connectivity index (χ0v) is 19.8. The Balaban J connectivity index is 1.50. The first-order valence-electron chi connectivity index (χ1n) is 10.1. The Morgan fingerprint density at radius 2 is 2.03 bits per heavy atom. The summed E-state index contributed by atoms with van der Waals surface area (Å²) in [7, 11) is 3.22. The molecule has 0 radical (unpaired) electrons. The number of amides is 1. The minimum atomic E-state index is 0.00133. The van der Waals surface area contributed by atoms with Crippen molar-refractivity contribution in [2.75, 3.05) is 26.5 Å². The van der Waals surface area contributed by atoms with E-state index in [1.807, 2.05) is 42.6 Å². The number of ether oxygens (including phenoxy) is 2. The molecule has 4 rings (SSSR count). The topological polar surface area (TPSA) is 77.8 Å². The van der Waals surface area contributed by atoms with Crippen LogP contribution in [0.25, 0.3) is 16.8 Å². The maximum absolute atomic E-state index is 12.3. The Kier molecular flexibility index (Phi) is 6.96. The molecule has 0 saturated carbocycles. The van der Waals surface area contributed by atoms with Gasteiger partial charge in [0.15, 0.2) is 17.1 Å². The van der Waals surface area contributed by atoms with Crippen LogP contribution in [0.2, 0.25) is 0 Å². The van der Waals surface area contributed by atoms with Crippen molar-refractivity contribution >= 4 is 34.7 Å². The van der Waals surface area contributed by atoms with Crippen molar-refractivity contribution in [1.82, 2.24) is 19.9 Å². The summed E-state index contributed by atoms with van der Waals surface area (Å²) in [5.41, 5.74) is 3.41. The van der Waals surface area contributed by atoms with Gasteiger partial charge in [0.1, 0.15) is 5.03 Å². The second-order valence-electron chi connectivity index (χ2n) is 7.07. The smallest absolute Gasteiger partial charge is 0.230 e. The van der Waals surface area contributed by atoms with Crippen LogP contribution in [0.4, 0.5) is 0 Å². The van der Waals surface area contributed by atoms with Gasteiger partial charge in [-0.3, -0.25) is 4.79 Å². The summed E-state index contributed by atoms with van der Waals surface area (Å²) in [6, 6.07) is 11.8. The summed E-state index contributed by atoms with van der Waals surface area (Å²) in [5.74, 6) is 1.62. The van der Waals surface area contributed by atoms with Gasteiger partial charge >= 0.3 is 0 Å². The molecule has 1 amide bonds. The maximum Gasteiger partial charge on any atom is 0.230 e. The van der Waals surface area contributed by atoms with E-state index in [4.69, 9.17) is 14.5 Å². The Hall–Kier alpha value is -3.04. The molecule has 0 unspecified atom stereocenters. The molecule has 3 aromatic heterocycles. The summed E-state index contributed by atoms with van der Waals surface area (Å²) in [6.07, 6.45) is 2.63. The molecule has 32 heavy (non-hydrogen) atoms. The predicted octanol–water partition coefficient (Wildman–Crippen LogP) is 4.23. The van der Waals surface area contributed by atoms with Crippen molar-refractivity contribution in [3.8, 4) is 22.6 Å². The lowest BCUT2D eigenvalue weighted by molar-refractivity contribution is -0.118. The molecular weight excluding hydrogens is 444 g/mol. The van der Waals surface area contributed by atoms with Gasteiger partial charge in [0.05, 0.1) is 26.2 Å². The molecule has 4 aromatic rings. The fraction of sp³-hybridized carbons (Fsp3) is 0.261. The van der Waals surface area contributed by atoms with Crippen molar-refractivity contribution in [2.45, 2.75) is 18.4 Å². The Morgan fingerprint density at radius 3 is 2.78 bits per heavy atom. The van der Waals surface area contributed by atoms with Crippen LogP contribution in [0.5, 0.6) is 11.5 Å². The average molecular weight is 469 g/mol. The molecule has 0 aliphatic carbocycles. The van der Waals surface area contributed by atoms with Gasteiger partial charge in [-0.05, 0) is 48.6 Å². The van der Waals surface area contributed by atoms with Crippen molar-refractivity contribution in [1.29, 1.82) is 0 Å². The summed E-state index contributed by atoms with van der Waals surface area (Å²) < 4.78 is 12.6. The molecule has 0 fully saturated rings. The van der Waals surface area contributed by atoms with Crippen LogP contribution in [-0.2, 0) is 11.2 Å². The molecule has 0 aliphatic heterocycles. The number of aromatic nitrogens is 3. The molecule has 0 atom stereocenters. The summed E-state index contributed by atoms with van der Waals surface area (Å²) >= 11 is 3.15. The third-order valence-electron chi connectivity index (χ3n) is 4.89. The monoisotopic (exact) mass is 468 g/mol. The average Bonchev–Trinajstić information content (AvgIpc) is 3.47. The summed E-state index contributed by atoms with van der Waals surface area (Å²) in [6.45, 7) is 2.58. The van der Waals surface area contributed by atoms with Crippen molar-refractivity contribution in [3.63, 3.8) is 0 Å². The number of nitrogens with zero attached hydrogens (tertiary/aromatic N) is 3. The minimum Gasteiger partial charge on any atom is -0.493 e. The number of aryl methyl sites for hydroxylation is 1. The SMILES string of the molecule is COc1ccc(-c2cnn3c(SCC(=O)NCCc4cccs4)cc(C)nc23)cc1OC. The highest BCUT2D eigenvalue weighted by Crippen LogP contribution is 2.34. The van der Waals surface area contributed by atoms with Crippen LogP contribution in [0.1, 0.15) is 10.6 Å². The van der Waals surface area contributed by atoms with Gasteiger partial charge < -0.3 is 14.8 Å². The summed E-state index contributed by atoms with van der Waals surface area (Å²) in [5, 5.41) is 10.4. The Labute approximate surface area is 194 Å². The number of methoxy groups -OCH3 is 2. The van der Waals surface area contributed by atoms with E-state index in [2.05, 4.69) is 16.5 Å². The first-order valence-corrected chi connectivity index (χ1v) is 11.9. The van der Waals surface area contributed by atoms with E-state index in [1.54, 1.807) is 36.3 Å². The highest BCUT2D eigenvalue weighted by atomic mass is 32.2. The number of thiophene rings is 1. The fourth-order valence-electron chi connectivity index (χ4n) is 3.33. The molecule has 0 spiro atoms. The fourth-order valence-corrected chi connectivity index (χ4v) is 4.93. The maximum atomic E-state index is 12.3. The number of carbonyl (C=O) groups excluding carboxylic acids is 1. The van der Waals surface area contributed by atoms with E-state index >= 15 is 0 Å². The number of rotatable bonds is 9. The highest BCUT2D eigenvalue weighted by molar-refractivity contribution is 7.99. The van der Waals surface area contributed by atoms with Gasteiger partial charge in [-0.2, -0.15) is 5.10 Å². The van der Waals surface area contributed by atoms with Crippen LogP contribution in [0, 0.1) is 6.92 Å². The molecule has 1 aromatic carbocycles. The first kappa shape index (κ1) is 22.2. The number of thioether (sulfide) groups is 1. The molecular formula is C23H24N4O3S2. The largest absolute Gasteiger partial charge is 0.493 e. The Bertz CT molecular complexity index is 1220. The number of carbonyl (C=O) groups is 1. The van der Waals surface area contributed by atoms with E-state index < -0.39 is 0 Å². The first-order chi connectivity index (χ1) is 15.6.